The summed E-state index contributed by atoms with van der Waals surface area (Å²) in [5, 5.41) is 0. The summed E-state index contributed by atoms with van der Waals surface area (Å²) in [4.78, 5) is 11.0. The van der Waals surface area contributed by atoms with Crippen LogP contribution in [0, 0.1) is 17.8 Å². The zero-order chi connectivity index (χ0) is 7.72. The number of ketones is 1. The lowest BCUT2D eigenvalue weighted by Gasteiger charge is -2.41. The van der Waals surface area contributed by atoms with Gasteiger partial charge in [-0.05, 0) is 25.2 Å². The Kier molecular flexibility index (Phi) is 2.12. The molecule has 3 atom stereocenters. The normalized spacial score (nSPS) is 38.9. The van der Waals surface area contributed by atoms with Crippen LogP contribution >= 0.6 is 0 Å². The average Bonchev–Trinajstić information content (AvgIpc) is 1.80. The second-order valence-electron chi connectivity index (χ2n) is 3.52. The molecule has 1 saturated carbocycles. The maximum Gasteiger partial charge on any atom is 0.133 e. The molecule has 0 aromatic carbocycles. The average molecular weight is 140 g/mol. The van der Waals surface area contributed by atoms with E-state index in [4.69, 9.17) is 0 Å². The van der Waals surface area contributed by atoms with Crippen LogP contribution in [-0.4, -0.2) is 5.78 Å². The van der Waals surface area contributed by atoms with E-state index in [0.717, 1.165) is 0 Å². The van der Waals surface area contributed by atoms with Crippen molar-refractivity contribution in [1.29, 1.82) is 0 Å². The van der Waals surface area contributed by atoms with Gasteiger partial charge in [-0.15, -0.1) is 0 Å². The minimum Gasteiger partial charge on any atom is -0.300 e. The van der Waals surface area contributed by atoms with Crippen molar-refractivity contribution in [1.82, 2.24) is 0 Å². The van der Waals surface area contributed by atoms with Gasteiger partial charge in [-0.1, -0.05) is 20.3 Å². The molecule has 1 fully saturated rings. The number of hydrogen-bond donors (Lipinski definition) is 0. The Hall–Kier alpha value is -0.330. The van der Waals surface area contributed by atoms with E-state index in [9.17, 15) is 4.79 Å². The molecule has 0 heterocycles. The van der Waals surface area contributed by atoms with Gasteiger partial charge in [0.05, 0.1) is 0 Å². The highest BCUT2D eigenvalue weighted by Crippen LogP contribution is 2.42. The van der Waals surface area contributed by atoms with Gasteiger partial charge < -0.3 is 0 Å². The van der Waals surface area contributed by atoms with Crippen molar-refractivity contribution in [3.63, 3.8) is 0 Å². The Morgan fingerprint density at radius 2 is 2.20 bits per heavy atom. The summed E-state index contributed by atoms with van der Waals surface area (Å²) in [6.07, 6.45) is 2.44. The van der Waals surface area contributed by atoms with Gasteiger partial charge in [-0.25, -0.2) is 0 Å². The minimum absolute atomic E-state index is 0.394. The van der Waals surface area contributed by atoms with Crippen LogP contribution in [-0.2, 0) is 4.79 Å². The third kappa shape index (κ3) is 1.09. The van der Waals surface area contributed by atoms with Crippen molar-refractivity contribution >= 4 is 5.78 Å². The summed E-state index contributed by atoms with van der Waals surface area (Å²) >= 11 is 0. The van der Waals surface area contributed by atoms with E-state index in [-0.39, 0.29) is 0 Å². The van der Waals surface area contributed by atoms with E-state index in [1.807, 2.05) is 0 Å². The third-order valence-corrected chi connectivity index (χ3v) is 2.79. The number of carbonyl (C=O) groups is 1. The van der Waals surface area contributed by atoms with Crippen LogP contribution in [0.1, 0.15) is 33.6 Å². The van der Waals surface area contributed by atoms with Crippen molar-refractivity contribution in [3.8, 4) is 0 Å². The molecule has 0 bridgehead atoms. The molecule has 0 amide bonds. The van der Waals surface area contributed by atoms with Gasteiger partial charge in [0.1, 0.15) is 5.78 Å². The summed E-state index contributed by atoms with van der Waals surface area (Å²) in [6, 6.07) is 0. The first-order valence-electron chi connectivity index (χ1n) is 4.17. The van der Waals surface area contributed by atoms with Gasteiger partial charge in [0.2, 0.25) is 0 Å². The molecule has 3 unspecified atom stereocenters. The maximum absolute atomic E-state index is 11.0. The van der Waals surface area contributed by atoms with Gasteiger partial charge in [0, 0.05) is 5.92 Å². The van der Waals surface area contributed by atoms with Crippen LogP contribution in [0.3, 0.4) is 0 Å². The van der Waals surface area contributed by atoms with Crippen molar-refractivity contribution in [2.24, 2.45) is 17.8 Å². The molecule has 1 rings (SSSR count). The Morgan fingerprint density at radius 1 is 1.60 bits per heavy atom. The number of hydrogen-bond acceptors (Lipinski definition) is 1. The Labute approximate surface area is 62.8 Å². The molecule has 1 aliphatic rings. The van der Waals surface area contributed by atoms with E-state index >= 15 is 0 Å². The largest absolute Gasteiger partial charge is 0.300 e. The minimum atomic E-state index is 0.394. The van der Waals surface area contributed by atoms with Crippen molar-refractivity contribution in [2.75, 3.05) is 0 Å². The van der Waals surface area contributed by atoms with Crippen molar-refractivity contribution in [2.45, 2.75) is 33.6 Å². The van der Waals surface area contributed by atoms with Gasteiger partial charge in [-0.3, -0.25) is 4.79 Å². The quantitative estimate of drug-likeness (QED) is 0.575. The SMILES string of the molecule is CCC1CC(C)C1C(C)=O. The Balaban J connectivity index is 2.48. The molecule has 0 spiro atoms. The fourth-order valence-electron chi connectivity index (χ4n) is 2.19. The molecule has 58 valence electrons. The van der Waals surface area contributed by atoms with Crippen LogP contribution < -0.4 is 0 Å². The lowest BCUT2D eigenvalue weighted by atomic mass is 9.63. The van der Waals surface area contributed by atoms with E-state index in [0.29, 0.717) is 23.5 Å². The zero-order valence-electron chi connectivity index (χ0n) is 7.05. The standard InChI is InChI=1S/C9H16O/c1-4-8-5-6(2)9(8)7(3)10/h6,8-9H,4-5H2,1-3H3. The maximum atomic E-state index is 11.0. The topological polar surface area (TPSA) is 17.1 Å². The molecule has 1 aliphatic carbocycles. The second-order valence-corrected chi connectivity index (χ2v) is 3.52. The first-order chi connectivity index (χ1) is 4.66. The molecule has 1 nitrogen and oxygen atoms in total. The lowest BCUT2D eigenvalue weighted by Crippen LogP contribution is -2.39. The summed E-state index contributed by atoms with van der Waals surface area (Å²) in [7, 11) is 0. The van der Waals surface area contributed by atoms with Crippen molar-refractivity contribution < 1.29 is 4.79 Å². The number of carbonyl (C=O) groups excluding carboxylic acids is 1. The Morgan fingerprint density at radius 3 is 2.40 bits per heavy atom. The molecule has 0 N–H and O–H groups in total. The van der Waals surface area contributed by atoms with Gasteiger partial charge >= 0.3 is 0 Å². The van der Waals surface area contributed by atoms with Crippen molar-refractivity contribution in [3.05, 3.63) is 0 Å². The molecule has 0 aromatic heterocycles. The predicted molar refractivity (Wildman–Crippen MR) is 41.7 cm³/mol. The third-order valence-electron chi connectivity index (χ3n) is 2.79. The zero-order valence-corrected chi connectivity index (χ0v) is 7.05. The second kappa shape index (κ2) is 2.73. The van der Waals surface area contributed by atoms with E-state index in [1.165, 1.54) is 12.8 Å². The van der Waals surface area contributed by atoms with Crippen LogP contribution in [0.15, 0.2) is 0 Å². The number of rotatable bonds is 2. The van der Waals surface area contributed by atoms with Crippen LogP contribution in [0.4, 0.5) is 0 Å². The first kappa shape index (κ1) is 7.77. The fourth-order valence-corrected chi connectivity index (χ4v) is 2.19. The monoisotopic (exact) mass is 140 g/mol. The number of Topliss-reactive ketones (excluding diaryl/α,β-unsaturated/α-hetero) is 1. The molecule has 1 heteroatoms. The van der Waals surface area contributed by atoms with Crippen LogP contribution in [0.25, 0.3) is 0 Å². The molecule has 0 aromatic rings. The summed E-state index contributed by atoms with van der Waals surface area (Å²) in [5.41, 5.74) is 0. The first-order valence-corrected chi connectivity index (χ1v) is 4.17. The smallest absolute Gasteiger partial charge is 0.133 e. The molecular formula is C9H16O. The van der Waals surface area contributed by atoms with E-state index in [1.54, 1.807) is 6.92 Å². The predicted octanol–water partition coefficient (Wildman–Crippen LogP) is 2.26. The molecule has 0 radical (unpaired) electrons. The van der Waals surface area contributed by atoms with Gasteiger partial charge in [0.15, 0.2) is 0 Å². The lowest BCUT2D eigenvalue weighted by molar-refractivity contribution is -0.129. The summed E-state index contributed by atoms with van der Waals surface area (Å²) < 4.78 is 0. The molecule has 0 saturated heterocycles. The highest BCUT2D eigenvalue weighted by atomic mass is 16.1. The molecule has 10 heavy (non-hydrogen) atoms. The van der Waals surface area contributed by atoms with Crippen LogP contribution in [0.2, 0.25) is 0 Å². The van der Waals surface area contributed by atoms with E-state index in [2.05, 4.69) is 13.8 Å². The highest BCUT2D eigenvalue weighted by molar-refractivity contribution is 5.79. The molecular weight excluding hydrogens is 124 g/mol. The summed E-state index contributed by atoms with van der Waals surface area (Å²) in [5.74, 6) is 2.14. The van der Waals surface area contributed by atoms with E-state index < -0.39 is 0 Å². The molecule has 0 aliphatic heterocycles. The fraction of sp³-hybridized carbons (Fsp3) is 0.889. The Bertz CT molecular complexity index is 140. The summed E-state index contributed by atoms with van der Waals surface area (Å²) in [6.45, 7) is 6.08. The van der Waals surface area contributed by atoms with Gasteiger partial charge in [0.25, 0.3) is 0 Å². The van der Waals surface area contributed by atoms with Crippen LogP contribution in [0.5, 0.6) is 0 Å². The highest BCUT2D eigenvalue weighted by Gasteiger charge is 2.39. The van der Waals surface area contributed by atoms with Gasteiger partial charge in [-0.2, -0.15) is 0 Å².